The number of methoxy groups -OCH3 is 1. The number of aliphatic hydroxyl groups is 1. The van der Waals surface area contributed by atoms with Crippen LogP contribution in [0.2, 0.25) is 0 Å². The molecule has 1 unspecified atom stereocenters. The van der Waals surface area contributed by atoms with Gasteiger partial charge in [0.2, 0.25) is 0 Å². The van der Waals surface area contributed by atoms with Crippen molar-refractivity contribution in [3.8, 4) is 0 Å². The molecule has 0 aliphatic heterocycles. The van der Waals surface area contributed by atoms with Gasteiger partial charge in [0.25, 0.3) is 0 Å². The maximum Gasteiger partial charge on any atom is 0.163 e. The molecule has 0 saturated heterocycles. The zero-order chi connectivity index (χ0) is 10.5. The Bertz CT molecular complexity index is 170. The molecule has 0 bridgehead atoms. The summed E-state index contributed by atoms with van der Waals surface area (Å²) < 4.78 is 5.15. The third-order valence-electron chi connectivity index (χ3n) is 2.51. The molecule has 0 spiro atoms. The average molecular weight is 187 g/mol. The largest absolute Gasteiger partial charge is 0.377 e. The van der Waals surface area contributed by atoms with Crippen LogP contribution in [0.15, 0.2) is 12.3 Å². The fourth-order valence-electron chi connectivity index (χ4n) is 1.37. The highest BCUT2D eigenvalue weighted by atomic mass is 16.5. The molecule has 0 saturated carbocycles. The minimum absolute atomic E-state index is 0.210. The molecule has 3 nitrogen and oxygen atoms in total. The molecule has 0 rings (SSSR count). The molecule has 0 heterocycles. The van der Waals surface area contributed by atoms with Crippen molar-refractivity contribution < 1.29 is 9.84 Å². The molecule has 3 heteroatoms. The molecule has 1 N–H and O–H groups in total. The summed E-state index contributed by atoms with van der Waals surface area (Å²) in [5, 5.41) is 10.2. The van der Waals surface area contributed by atoms with Gasteiger partial charge in [0, 0.05) is 14.2 Å². The third-order valence-corrected chi connectivity index (χ3v) is 2.51. The van der Waals surface area contributed by atoms with Crippen LogP contribution in [0.1, 0.15) is 27.2 Å². The predicted molar refractivity (Wildman–Crippen MR) is 54.3 cm³/mol. The first-order valence-corrected chi connectivity index (χ1v) is 4.63. The summed E-state index contributed by atoms with van der Waals surface area (Å²) in [6.45, 7) is 5.73. The second kappa shape index (κ2) is 5.25. The highest BCUT2D eigenvalue weighted by molar-refractivity contribution is 4.90. The van der Waals surface area contributed by atoms with E-state index in [1.54, 1.807) is 12.0 Å². The van der Waals surface area contributed by atoms with Crippen LogP contribution < -0.4 is 0 Å². The molecule has 0 aliphatic carbocycles. The van der Waals surface area contributed by atoms with Crippen LogP contribution in [-0.2, 0) is 4.74 Å². The maximum absolute atomic E-state index is 10.2. The fraction of sp³-hybridized carbons (Fsp3) is 0.800. The number of likely N-dealkylation sites (N-methyl/N-ethyl adjacent to an activating group) is 1. The summed E-state index contributed by atoms with van der Waals surface area (Å²) >= 11 is 0. The summed E-state index contributed by atoms with van der Waals surface area (Å²) in [5.41, 5.74) is -0.915. The van der Waals surface area contributed by atoms with Crippen LogP contribution in [0.4, 0.5) is 0 Å². The molecule has 78 valence electrons. The van der Waals surface area contributed by atoms with Gasteiger partial charge in [-0.05, 0) is 26.5 Å². The Hall–Kier alpha value is -0.540. The maximum atomic E-state index is 10.2. The van der Waals surface area contributed by atoms with Crippen molar-refractivity contribution in [3.05, 3.63) is 12.3 Å². The standard InChI is InChI=1S/C10H21NO2/c1-6-8-11(4)10(12,7-2)9(3)13-5/h6,8-9,12H,7H2,1-5H3/b8-6-/t9-,10?/m1/s1. The Kier molecular flexibility index (Phi) is 5.03. The minimum Gasteiger partial charge on any atom is -0.377 e. The second-order valence-electron chi connectivity index (χ2n) is 3.20. The zero-order valence-corrected chi connectivity index (χ0v) is 9.24. The van der Waals surface area contributed by atoms with Gasteiger partial charge in [0.1, 0.15) is 6.10 Å². The van der Waals surface area contributed by atoms with E-state index in [4.69, 9.17) is 4.74 Å². The molecular formula is C10H21NO2. The van der Waals surface area contributed by atoms with E-state index in [2.05, 4.69) is 0 Å². The molecular weight excluding hydrogens is 166 g/mol. The van der Waals surface area contributed by atoms with Crippen molar-refractivity contribution in [1.29, 1.82) is 0 Å². The van der Waals surface area contributed by atoms with E-state index >= 15 is 0 Å². The highest BCUT2D eigenvalue weighted by Gasteiger charge is 2.34. The summed E-state index contributed by atoms with van der Waals surface area (Å²) in [4.78, 5) is 1.78. The molecule has 0 aromatic rings. The van der Waals surface area contributed by atoms with Gasteiger partial charge in [-0.25, -0.2) is 0 Å². The van der Waals surface area contributed by atoms with Gasteiger partial charge < -0.3 is 14.7 Å². The van der Waals surface area contributed by atoms with Gasteiger partial charge in [-0.15, -0.1) is 0 Å². The Morgan fingerprint density at radius 2 is 2.15 bits per heavy atom. The quantitative estimate of drug-likeness (QED) is 0.663. The lowest BCUT2D eigenvalue weighted by Crippen LogP contribution is -2.52. The van der Waals surface area contributed by atoms with Crippen molar-refractivity contribution in [3.63, 3.8) is 0 Å². The van der Waals surface area contributed by atoms with Crippen molar-refractivity contribution in [2.45, 2.75) is 39.0 Å². The fourth-order valence-corrected chi connectivity index (χ4v) is 1.37. The number of ether oxygens (including phenoxy) is 1. The first-order chi connectivity index (χ1) is 6.02. The summed E-state index contributed by atoms with van der Waals surface area (Å²) in [6.07, 6.45) is 4.16. The van der Waals surface area contributed by atoms with E-state index in [0.29, 0.717) is 6.42 Å². The molecule has 0 aliphatic rings. The van der Waals surface area contributed by atoms with Gasteiger partial charge in [-0.1, -0.05) is 13.0 Å². The third kappa shape index (κ3) is 2.71. The Morgan fingerprint density at radius 1 is 1.62 bits per heavy atom. The Balaban J connectivity index is 4.60. The van der Waals surface area contributed by atoms with Crippen LogP contribution in [0.5, 0.6) is 0 Å². The topological polar surface area (TPSA) is 32.7 Å². The lowest BCUT2D eigenvalue weighted by Gasteiger charge is -2.39. The lowest BCUT2D eigenvalue weighted by molar-refractivity contribution is -0.160. The van der Waals surface area contributed by atoms with E-state index in [1.165, 1.54) is 0 Å². The van der Waals surface area contributed by atoms with E-state index in [0.717, 1.165) is 0 Å². The van der Waals surface area contributed by atoms with Crippen LogP contribution in [0, 0.1) is 0 Å². The van der Waals surface area contributed by atoms with E-state index in [-0.39, 0.29) is 6.10 Å². The van der Waals surface area contributed by atoms with Gasteiger partial charge >= 0.3 is 0 Å². The normalized spacial score (nSPS) is 18.6. The van der Waals surface area contributed by atoms with Crippen molar-refractivity contribution in [1.82, 2.24) is 4.90 Å². The average Bonchev–Trinajstić information content (AvgIpc) is 2.15. The van der Waals surface area contributed by atoms with Crippen LogP contribution >= 0.6 is 0 Å². The van der Waals surface area contributed by atoms with Crippen molar-refractivity contribution in [2.75, 3.05) is 14.2 Å². The van der Waals surface area contributed by atoms with Gasteiger partial charge in [-0.3, -0.25) is 0 Å². The predicted octanol–water partition coefficient (Wildman–Crippen LogP) is 1.59. The van der Waals surface area contributed by atoms with Gasteiger partial charge in [0.15, 0.2) is 5.72 Å². The number of rotatable bonds is 5. The van der Waals surface area contributed by atoms with Gasteiger partial charge in [0.05, 0.1) is 0 Å². The molecule has 0 fully saturated rings. The molecule has 13 heavy (non-hydrogen) atoms. The molecule has 0 radical (unpaired) electrons. The molecule has 2 atom stereocenters. The van der Waals surface area contributed by atoms with E-state index < -0.39 is 5.72 Å². The highest BCUT2D eigenvalue weighted by Crippen LogP contribution is 2.21. The van der Waals surface area contributed by atoms with E-state index in [9.17, 15) is 5.11 Å². The number of hydrogen-bond acceptors (Lipinski definition) is 3. The molecule has 0 amide bonds. The van der Waals surface area contributed by atoms with Crippen LogP contribution in [0.25, 0.3) is 0 Å². The lowest BCUT2D eigenvalue weighted by atomic mass is 10.0. The smallest absolute Gasteiger partial charge is 0.163 e. The number of allylic oxidation sites excluding steroid dienone is 1. The first-order valence-electron chi connectivity index (χ1n) is 4.63. The Morgan fingerprint density at radius 3 is 2.46 bits per heavy atom. The second-order valence-corrected chi connectivity index (χ2v) is 3.20. The first kappa shape index (κ1) is 12.5. The van der Waals surface area contributed by atoms with E-state index in [1.807, 2.05) is 40.1 Å². The van der Waals surface area contributed by atoms with Crippen molar-refractivity contribution >= 4 is 0 Å². The Labute approximate surface area is 81.0 Å². The zero-order valence-electron chi connectivity index (χ0n) is 9.24. The SMILES string of the molecule is C/C=C\N(C)C(O)(CC)[C@@H](C)OC. The molecule has 0 aromatic heterocycles. The van der Waals surface area contributed by atoms with Crippen LogP contribution in [-0.4, -0.2) is 36.0 Å². The van der Waals surface area contributed by atoms with Gasteiger partial charge in [-0.2, -0.15) is 0 Å². The molecule has 0 aromatic carbocycles. The summed E-state index contributed by atoms with van der Waals surface area (Å²) in [5.74, 6) is 0. The monoisotopic (exact) mass is 187 g/mol. The number of nitrogens with zero attached hydrogens (tertiary/aromatic N) is 1. The van der Waals surface area contributed by atoms with Crippen molar-refractivity contribution in [2.24, 2.45) is 0 Å². The minimum atomic E-state index is -0.915. The van der Waals surface area contributed by atoms with Crippen LogP contribution in [0.3, 0.4) is 0 Å². The summed E-state index contributed by atoms with van der Waals surface area (Å²) in [7, 11) is 3.45. The number of hydrogen-bond donors (Lipinski definition) is 1. The summed E-state index contributed by atoms with van der Waals surface area (Å²) in [6, 6.07) is 0.